The lowest BCUT2D eigenvalue weighted by atomic mass is 9.91. The third-order valence-corrected chi connectivity index (χ3v) is 8.34. The predicted octanol–water partition coefficient (Wildman–Crippen LogP) is 12.1. The molecule has 49 heavy (non-hydrogen) atoms. The van der Waals surface area contributed by atoms with E-state index >= 15 is 0 Å². The number of allylic oxidation sites excluding steroid dienone is 17. The second-order valence-electron chi connectivity index (χ2n) is 12.2. The first kappa shape index (κ1) is 36.3. The van der Waals surface area contributed by atoms with Crippen LogP contribution in [0.3, 0.4) is 0 Å². The van der Waals surface area contributed by atoms with E-state index in [1.807, 2.05) is 37.3 Å². The second kappa shape index (κ2) is 18.7. The van der Waals surface area contributed by atoms with Crippen molar-refractivity contribution < 1.29 is 0 Å². The molecule has 0 aliphatic heterocycles. The monoisotopic (exact) mass is 643 g/mol. The second-order valence-corrected chi connectivity index (χ2v) is 12.2. The number of hydrogen-bond acceptors (Lipinski definition) is 2. The van der Waals surface area contributed by atoms with Gasteiger partial charge in [0.15, 0.2) is 0 Å². The molecular weight excluding hydrogens is 595 g/mol. The van der Waals surface area contributed by atoms with Crippen molar-refractivity contribution in [3.05, 3.63) is 180 Å². The van der Waals surface area contributed by atoms with Crippen molar-refractivity contribution in [2.24, 2.45) is 15.7 Å². The van der Waals surface area contributed by atoms with Crippen molar-refractivity contribution in [1.82, 2.24) is 0 Å². The number of hydrogen-bond donors (Lipinski definition) is 1. The molecule has 0 bridgehead atoms. The number of benzene rings is 3. The SMILES string of the molecule is C=C/C(C/C(C)=C/C=C\C)=C(/N=C(N)C1=CC=CCC1)c1cc(/C(C)=C/C=C(C)/C=C/C=C\C=NC)cc(-c2cccc3ccccc23)c1. The van der Waals surface area contributed by atoms with Gasteiger partial charge in [0, 0.05) is 18.8 Å². The van der Waals surface area contributed by atoms with Crippen molar-refractivity contribution in [1.29, 1.82) is 0 Å². The fraction of sp³-hybridized carbons (Fsp3) is 0.174. The average molecular weight is 644 g/mol. The first-order valence-corrected chi connectivity index (χ1v) is 16.9. The highest BCUT2D eigenvalue weighted by atomic mass is 14.9. The van der Waals surface area contributed by atoms with Crippen LogP contribution in [0.15, 0.2) is 179 Å². The summed E-state index contributed by atoms with van der Waals surface area (Å²) in [5.74, 6) is 0.544. The molecule has 3 aromatic carbocycles. The van der Waals surface area contributed by atoms with Crippen LogP contribution in [0.25, 0.3) is 33.2 Å². The summed E-state index contributed by atoms with van der Waals surface area (Å²) in [5.41, 5.74) is 17.6. The standard InChI is InChI=1S/C46H49N3/c1-7-9-19-35(4)30-37(8-2)45(49-46(47)39-22-13-10-14-23-39)42-32-40(36(5)28-27-34(3)20-12-11-17-29-48-6)31-41(33-42)44-26-18-24-38-21-15-16-25-43(38)44/h7-13,15-22,24-29,31-33H,2,14,23,30H2,1,3-6H3,(H2,47,49)/b9-7-,17-11-,20-12+,34-27+,35-19+,36-28+,45-37-,48-29?. The molecule has 0 aromatic heterocycles. The Bertz CT molecular complexity index is 1990. The molecule has 0 unspecified atom stereocenters. The Morgan fingerprint density at radius 3 is 2.45 bits per heavy atom. The molecule has 1 aliphatic carbocycles. The van der Waals surface area contributed by atoms with Gasteiger partial charge < -0.3 is 5.73 Å². The number of rotatable bonds is 13. The van der Waals surface area contributed by atoms with Crippen LogP contribution in [-0.2, 0) is 0 Å². The van der Waals surface area contributed by atoms with Crippen LogP contribution in [0.2, 0.25) is 0 Å². The third-order valence-electron chi connectivity index (χ3n) is 8.34. The van der Waals surface area contributed by atoms with Crippen molar-refractivity contribution in [3.8, 4) is 11.1 Å². The van der Waals surface area contributed by atoms with Gasteiger partial charge >= 0.3 is 0 Å². The Balaban J connectivity index is 1.97. The van der Waals surface area contributed by atoms with Gasteiger partial charge in [0.1, 0.15) is 5.84 Å². The molecular formula is C46H49N3. The highest BCUT2D eigenvalue weighted by Gasteiger charge is 2.15. The maximum atomic E-state index is 6.78. The lowest BCUT2D eigenvalue weighted by Gasteiger charge is -2.17. The van der Waals surface area contributed by atoms with Crippen molar-refractivity contribution in [3.63, 3.8) is 0 Å². The molecule has 0 heterocycles. The van der Waals surface area contributed by atoms with E-state index in [2.05, 4.69) is 142 Å². The van der Waals surface area contributed by atoms with Gasteiger partial charge in [-0.1, -0.05) is 133 Å². The van der Waals surface area contributed by atoms with Gasteiger partial charge in [-0.25, -0.2) is 4.99 Å². The minimum atomic E-state index is 0.544. The van der Waals surface area contributed by atoms with Crippen LogP contribution in [0.5, 0.6) is 0 Å². The molecule has 3 aromatic rings. The zero-order valence-electron chi connectivity index (χ0n) is 29.7. The zero-order chi connectivity index (χ0) is 35.0. The van der Waals surface area contributed by atoms with E-state index in [9.17, 15) is 0 Å². The highest BCUT2D eigenvalue weighted by Crippen LogP contribution is 2.36. The summed E-state index contributed by atoms with van der Waals surface area (Å²) >= 11 is 0. The highest BCUT2D eigenvalue weighted by molar-refractivity contribution is 6.02. The summed E-state index contributed by atoms with van der Waals surface area (Å²) in [6.45, 7) is 12.7. The maximum absolute atomic E-state index is 6.78. The molecule has 4 rings (SSSR count). The molecule has 0 atom stereocenters. The van der Waals surface area contributed by atoms with Crippen LogP contribution in [0.1, 0.15) is 58.1 Å². The molecule has 0 saturated heterocycles. The number of nitrogens with zero attached hydrogens (tertiary/aromatic N) is 2. The Morgan fingerprint density at radius 1 is 0.898 bits per heavy atom. The quantitative estimate of drug-likeness (QED) is 0.112. The first-order chi connectivity index (χ1) is 23.8. The van der Waals surface area contributed by atoms with Crippen molar-refractivity contribution in [2.75, 3.05) is 7.05 Å². The fourth-order valence-corrected chi connectivity index (χ4v) is 5.64. The van der Waals surface area contributed by atoms with Gasteiger partial charge in [-0.05, 0) is 115 Å². The van der Waals surface area contributed by atoms with Crippen molar-refractivity contribution >= 4 is 34.1 Å². The molecule has 3 heteroatoms. The average Bonchev–Trinajstić information content (AvgIpc) is 3.14. The first-order valence-electron chi connectivity index (χ1n) is 16.9. The molecule has 0 amide bonds. The fourth-order valence-electron chi connectivity index (χ4n) is 5.64. The van der Waals surface area contributed by atoms with Gasteiger partial charge in [-0.15, -0.1) is 0 Å². The molecule has 3 nitrogen and oxygen atoms in total. The van der Waals surface area contributed by atoms with Gasteiger partial charge in [0.05, 0.1) is 5.70 Å². The number of amidine groups is 1. The molecule has 0 fully saturated rings. The van der Waals surface area contributed by atoms with Gasteiger partial charge in [-0.2, -0.15) is 0 Å². The number of aliphatic imine (C=N–C) groups is 2. The zero-order valence-corrected chi connectivity index (χ0v) is 29.7. The normalized spacial score (nSPS) is 15.7. The summed E-state index contributed by atoms with van der Waals surface area (Å²) in [4.78, 5) is 9.19. The number of fused-ring (bicyclic) bond motifs is 1. The Kier molecular flexibility index (Phi) is 13.9. The lowest BCUT2D eigenvalue weighted by molar-refractivity contribution is 0.999. The largest absolute Gasteiger partial charge is 0.383 e. The van der Waals surface area contributed by atoms with E-state index in [0.29, 0.717) is 12.3 Å². The Hall–Kier alpha value is -5.54. The summed E-state index contributed by atoms with van der Waals surface area (Å²) < 4.78 is 0. The minimum Gasteiger partial charge on any atom is -0.383 e. The van der Waals surface area contributed by atoms with E-state index in [0.717, 1.165) is 57.5 Å². The third kappa shape index (κ3) is 10.5. The Morgan fingerprint density at radius 2 is 1.69 bits per heavy atom. The van der Waals surface area contributed by atoms with Crippen LogP contribution in [0.4, 0.5) is 0 Å². The molecule has 2 N–H and O–H groups in total. The van der Waals surface area contributed by atoms with Crippen LogP contribution in [-0.4, -0.2) is 19.1 Å². The minimum absolute atomic E-state index is 0.544. The van der Waals surface area contributed by atoms with E-state index in [1.165, 1.54) is 21.9 Å². The van der Waals surface area contributed by atoms with Crippen LogP contribution < -0.4 is 5.73 Å². The predicted molar refractivity (Wildman–Crippen MR) is 218 cm³/mol. The molecule has 0 spiro atoms. The molecule has 0 saturated carbocycles. The van der Waals surface area contributed by atoms with E-state index < -0.39 is 0 Å². The number of nitrogens with two attached hydrogens (primary N) is 1. The molecule has 1 aliphatic rings. The van der Waals surface area contributed by atoms with Crippen LogP contribution in [0, 0.1) is 0 Å². The van der Waals surface area contributed by atoms with E-state index in [1.54, 1.807) is 13.3 Å². The lowest BCUT2D eigenvalue weighted by Crippen LogP contribution is -2.16. The molecule has 0 radical (unpaired) electrons. The van der Waals surface area contributed by atoms with E-state index in [4.69, 9.17) is 10.7 Å². The van der Waals surface area contributed by atoms with Crippen LogP contribution >= 0.6 is 0 Å². The Labute approximate surface area is 293 Å². The topological polar surface area (TPSA) is 50.7 Å². The summed E-state index contributed by atoms with van der Waals surface area (Å²) in [6.07, 6.45) is 31.1. The van der Waals surface area contributed by atoms with Crippen molar-refractivity contribution in [2.45, 2.75) is 47.0 Å². The van der Waals surface area contributed by atoms with E-state index in [-0.39, 0.29) is 0 Å². The molecule has 248 valence electrons. The summed E-state index contributed by atoms with van der Waals surface area (Å²) in [7, 11) is 1.76. The van der Waals surface area contributed by atoms with Gasteiger partial charge in [-0.3, -0.25) is 4.99 Å². The summed E-state index contributed by atoms with van der Waals surface area (Å²) in [5, 5.41) is 2.41. The summed E-state index contributed by atoms with van der Waals surface area (Å²) in [6, 6.07) is 21.8. The maximum Gasteiger partial charge on any atom is 0.127 e. The smallest absolute Gasteiger partial charge is 0.127 e. The van der Waals surface area contributed by atoms with Gasteiger partial charge in [0.2, 0.25) is 0 Å². The van der Waals surface area contributed by atoms with Gasteiger partial charge in [0.25, 0.3) is 0 Å².